The Kier molecular flexibility index (Phi) is 4.56. The molecular formula is C13H20N6OS. The normalized spacial score (nSPS) is 12.4. The zero-order valence-corrected chi connectivity index (χ0v) is 13.5. The minimum atomic E-state index is -0.0396. The summed E-state index contributed by atoms with van der Waals surface area (Å²) >= 11 is 1.65. The maximum atomic E-state index is 12.3. The Morgan fingerprint density at radius 2 is 2.14 bits per heavy atom. The fraction of sp³-hybridized carbons (Fsp3) is 0.538. The van der Waals surface area contributed by atoms with Crippen LogP contribution in [0.3, 0.4) is 0 Å². The number of anilines is 1. The minimum Gasteiger partial charge on any atom is -0.367 e. The number of nitrogens with one attached hydrogen (secondary N) is 1. The van der Waals surface area contributed by atoms with Gasteiger partial charge in [-0.15, -0.1) is 16.4 Å². The predicted molar refractivity (Wildman–Crippen MR) is 81.9 cm³/mol. The Balaban J connectivity index is 1.96. The van der Waals surface area contributed by atoms with Gasteiger partial charge in [-0.25, -0.2) is 4.98 Å². The van der Waals surface area contributed by atoms with Crippen LogP contribution in [-0.2, 0) is 11.2 Å². The number of carbonyl (C=O) groups is 1. The van der Waals surface area contributed by atoms with Crippen molar-refractivity contribution in [1.82, 2.24) is 25.1 Å². The van der Waals surface area contributed by atoms with Crippen molar-refractivity contribution >= 4 is 23.2 Å². The van der Waals surface area contributed by atoms with E-state index in [0.29, 0.717) is 18.7 Å². The second-order valence-corrected chi connectivity index (χ2v) is 6.40. The van der Waals surface area contributed by atoms with Crippen LogP contribution in [0.4, 0.5) is 5.95 Å². The number of rotatable bonds is 5. The summed E-state index contributed by atoms with van der Waals surface area (Å²) in [6.45, 7) is 6.00. The second-order valence-electron chi connectivity index (χ2n) is 5.00. The molecule has 0 aliphatic rings. The summed E-state index contributed by atoms with van der Waals surface area (Å²) < 4.78 is 0. The summed E-state index contributed by atoms with van der Waals surface area (Å²) in [4.78, 5) is 23.6. The highest BCUT2D eigenvalue weighted by Crippen LogP contribution is 2.26. The van der Waals surface area contributed by atoms with Gasteiger partial charge in [-0.2, -0.15) is 4.98 Å². The SMILES string of the molecule is Cc1nc(C(C)N(C)C(=O)CCc2nc(N)n[nH]2)c(C)s1. The molecule has 0 radical (unpaired) electrons. The zero-order valence-electron chi connectivity index (χ0n) is 12.7. The Labute approximate surface area is 127 Å². The Morgan fingerprint density at radius 1 is 1.43 bits per heavy atom. The van der Waals surface area contributed by atoms with E-state index >= 15 is 0 Å². The van der Waals surface area contributed by atoms with Crippen molar-refractivity contribution in [2.24, 2.45) is 0 Å². The molecule has 1 unspecified atom stereocenters. The average molecular weight is 308 g/mol. The fourth-order valence-corrected chi connectivity index (χ4v) is 3.06. The molecule has 0 aliphatic carbocycles. The highest BCUT2D eigenvalue weighted by atomic mass is 32.1. The minimum absolute atomic E-state index is 0.0396. The number of carbonyl (C=O) groups excluding carboxylic acids is 1. The number of nitrogen functional groups attached to an aromatic ring is 1. The van der Waals surface area contributed by atoms with Crippen LogP contribution in [0, 0.1) is 13.8 Å². The van der Waals surface area contributed by atoms with E-state index in [9.17, 15) is 4.79 Å². The van der Waals surface area contributed by atoms with Crippen LogP contribution in [0.25, 0.3) is 0 Å². The third-order valence-corrected chi connectivity index (χ3v) is 4.34. The monoisotopic (exact) mass is 308 g/mol. The summed E-state index contributed by atoms with van der Waals surface area (Å²) in [7, 11) is 1.80. The molecule has 0 aromatic carbocycles. The highest BCUT2D eigenvalue weighted by molar-refractivity contribution is 7.11. The molecule has 114 valence electrons. The number of aromatic amines is 1. The van der Waals surface area contributed by atoms with Crippen molar-refractivity contribution in [3.05, 3.63) is 21.4 Å². The summed E-state index contributed by atoms with van der Waals surface area (Å²) in [6.07, 6.45) is 0.854. The number of hydrogen-bond donors (Lipinski definition) is 2. The van der Waals surface area contributed by atoms with Crippen LogP contribution in [0.2, 0.25) is 0 Å². The van der Waals surface area contributed by atoms with E-state index in [-0.39, 0.29) is 17.9 Å². The van der Waals surface area contributed by atoms with E-state index < -0.39 is 0 Å². The molecule has 7 nitrogen and oxygen atoms in total. The van der Waals surface area contributed by atoms with E-state index in [2.05, 4.69) is 20.2 Å². The van der Waals surface area contributed by atoms with Crippen LogP contribution in [0.15, 0.2) is 0 Å². The lowest BCUT2D eigenvalue weighted by Gasteiger charge is -2.24. The van der Waals surface area contributed by atoms with E-state index in [1.165, 1.54) is 0 Å². The number of thiazole rings is 1. The molecule has 0 saturated heterocycles. The molecule has 0 bridgehead atoms. The van der Waals surface area contributed by atoms with Gasteiger partial charge in [0.2, 0.25) is 11.9 Å². The van der Waals surface area contributed by atoms with Crippen molar-refractivity contribution < 1.29 is 4.79 Å². The molecule has 21 heavy (non-hydrogen) atoms. The molecule has 2 aromatic heterocycles. The number of H-pyrrole nitrogens is 1. The van der Waals surface area contributed by atoms with Gasteiger partial charge in [-0.05, 0) is 20.8 Å². The van der Waals surface area contributed by atoms with Gasteiger partial charge in [-0.3, -0.25) is 9.89 Å². The molecule has 2 rings (SSSR count). The zero-order chi connectivity index (χ0) is 15.6. The lowest BCUT2D eigenvalue weighted by atomic mass is 10.1. The first-order valence-electron chi connectivity index (χ1n) is 6.74. The van der Waals surface area contributed by atoms with Crippen LogP contribution in [0.1, 0.15) is 40.8 Å². The Hall–Kier alpha value is -1.96. The first-order chi connectivity index (χ1) is 9.88. The lowest BCUT2D eigenvalue weighted by Crippen LogP contribution is -2.30. The van der Waals surface area contributed by atoms with Crippen molar-refractivity contribution in [2.45, 2.75) is 39.7 Å². The largest absolute Gasteiger partial charge is 0.367 e. The van der Waals surface area contributed by atoms with Crippen molar-refractivity contribution in [3.63, 3.8) is 0 Å². The molecule has 0 saturated carbocycles. The molecule has 8 heteroatoms. The summed E-state index contributed by atoms with van der Waals surface area (Å²) in [5.41, 5.74) is 6.40. The first kappa shape index (κ1) is 15.4. The van der Waals surface area contributed by atoms with Crippen LogP contribution >= 0.6 is 11.3 Å². The third-order valence-electron chi connectivity index (χ3n) is 3.43. The van der Waals surface area contributed by atoms with Gasteiger partial charge in [0.15, 0.2) is 0 Å². The molecule has 2 heterocycles. The number of hydrogen-bond acceptors (Lipinski definition) is 6. The maximum absolute atomic E-state index is 12.3. The summed E-state index contributed by atoms with van der Waals surface area (Å²) in [5.74, 6) is 0.873. The van der Waals surface area contributed by atoms with Gasteiger partial charge < -0.3 is 10.6 Å². The molecule has 1 amide bonds. The summed E-state index contributed by atoms with van der Waals surface area (Å²) in [5, 5.41) is 7.47. The van der Waals surface area contributed by atoms with Crippen molar-refractivity contribution in [1.29, 1.82) is 0 Å². The van der Waals surface area contributed by atoms with Gasteiger partial charge in [-0.1, -0.05) is 0 Å². The first-order valence-corrected chi connectivity index (χ1v) is 7.56. The maximum Gasteiger partial charge on any atom is 0.239 e. The Bertz CT molecular complexity index is 634. The van der Waals surface area contributed by atoms with E-state index in [1.807, 2.05) is 20.8 Å². The molecular weight excluding hydrogens is 288 g/mol. The van der Waals surface area contributed by atoms with Crippen molar-refractivity contribution in [3.8, 4) is 0 Å². The number of aryl methyl sites for hydroxylation is 3. The second kappa shape index (κ2) is 6.21. The Morgan fingerprint density at radius 3 is 2.67 bits per heavy atom. The van der Waals surface area contributed by atoms with Crippen LogP contribution in [0.5, 0.6) is 0 Å². The predicted octanol–water partition coefficient (Wildman–Crippen LogP) is 1.61. The fourth-order valence-electron chi connectivity index (χ4n) is 2.16. The molecule has 2 aromatic rings. The van der Waals surface area contributed by atoms with Gasteiger partial charge in [0.25, 0.3) is 0 Å². The standard InChI is InChI=1S/C13H20N6OS/c1-7(12-8(2)21-9(3)15-12)19(4)11(20)6-5-10-16-13(14)18-17-10/h7H,5-6H2,1-4H3,(H3,14,16,17,18). The van der Waals surface area contributed by atoms with Gasteiger partial charge >= 0.3 is 0 Å². The molecule has 0 fully saturated rings. The number of amides is 1. The number of aromatic nitrogens is 4. The van der Waals surface area contributed by atoms with E-state index in [1.54, 1.807) is 23.3 Å². The topological polar surface area (TPSA) is 101 Å². The highest BCUT2D eigenvalue weighted by Gasteiger charge is 2.21. The lowest BCUT2D eigenvalue weighted by molar-refractivity contribution is -0.131. The van der Waals surface area contributed by atoms with Gasteiger partial charge in [0.05, 0.1) is 16.7 Å². The van der Waals surface area contributed by atoms with E-state index in [4.69, 9.17) is 5.73 Å². The molecule has 3 N–H and O–H groups in total. The van der Waals surface area contributed by atoms with Crippen LogP contribution < -0.4 is 5.73 Å². The third kappa shape index (κ3) is 3.57. The van der Waals surface area contributed by atoms with Gasteiger partial charge in [0, 0.05) is 24.8 Å². The summed E-state index contributed by atoms with van der Waals surface area (Å²) in [6, 6.07) is -0.0396. The smallest absolute Gasteiger partial charge is 0.239 e. The molecule has 1 atom stereocenters. The number of nitrogens with zero attached hydrogens (tertiary/aromatic N) is 4. The van der Waals surface area contributed by atoms with E-state index in [0.717, 1.165) is 15.6 Å². The molecule has 0 spiro atoms. The average Bonchev–Trinajstić information content (AvgIpc) is 3.00. The molecule has 0 aliphatic heterocycles. The van der Waals surface area contributed by atoms with Gasteiger partial charge in [0.1, 0.15) is 5.82 Å². The van der Waals surface area contributed by atoms with Crippen LogP contribution in [-0.4, -0.2) is 38.0 Å². The quantitative estimate of drug-likeness (QED) is 0.874. The van der Waals surface area contributed by atoms with Crippen molar-refractivity contribution in [2.75, 3.05) is 12.8 Å². The number of nitrogens with two attached hydrogens (primary N) is 1.